The predicted octanol–water partition coefficient (Wildman–Crippen LogP) is 4.19. The van der Waals surface area contributed by atoms with Crippen LogP contribution < -0.4 is 5.32 Å². The molecule has 0 spiro atoms. The van der Waals surface area contributed by atoms with Gasteiger partial charge in [-0.15, -0.1) is 0 Å². The van der Waals surface area contributed by atoms with Crippen molar-refractivity contribution in [2.24, 2.45) is 0 Å². The molecule has 0 aliphatic heterocycles. The van der Waals surface area contributed by atoms with E-state index in [4.69, 9.17) is 0 Å². The lowest BCUT2D eigenvalue weighted by molar-refractivity contribution is 0.618. The number of benzene rings is 1. The van der Waals surface area contributed by atoms with Gasteiger partial charge in [-0.25, -0.2) is 0 Å². The highest BCUT2D eigenvalue weighted by Gasteiger charge is 2.23. The predicted molar refractivity (Wildman–Crippen MR) is 82.4 cm³/mol. The molecular weight excluding hydrogens is 238 g/mol. The van der Waals surface area contributed by atoms with Crippen molar-refractivity contribution < 1.29 is 0 Å². The molecule has 0 saturated heterocycles. The molecule has 1 fully saturated rings. The highest BCUT2D eigenvalue weighted by molar-refractivity contribution is 7.98. The van der Waals surface area contributed by atoms with Crippen molar-refractivity contribution >= 4 is 11.8 Å². The molecule has 1 aromatic carbocycles. The number of unbranched alkanes of at least 4 members (excludes halogenated alkanes) is 2. The highest BCUT2D eigenvalue weighted by Crippen LogP contribution is 2.40. The first kappa shape index (κ1) is 14.0. The summed E-state index contributed by atoms with van der Waals surface area (Å²) >= 11 is 1.95. The van der Waals surface area contributed by atoms with Crippen LogP contribution in [0, 0.1) is 0 Å². The quantitative estimate of drug-likeness (QED) is 0.671. The fourth-order valence-corrected chi connectivity index (χ4v) is 2.77. The molecule has 0 atom stereocenters. The molecule has 1 nitrogen and oxygen atoms in total. The van der Waals surface area contributed by atoms with Crippen molar-refractivity contribution in [3.8, 4) is 0 Å². The summed E-state index contributed by atoms with van der Waals surface area (Å²) in [6.07, 6.45) is 9.00. The van der Waals surface area contributed by atoms with Gasteiger partial charge in [0.1, 0.15) is 0 Å². The van der Waals surface area contributed by atoms with E-state index in [0.29, 0.717) is 0 Å². The maximum Gasteiger partial charge on any atom is 0.0205 e. The smallest absolute Gasteiger partial charge is 0.0205 e. The zero-order valence-corrected chi connectivity index (χ0v) is 12.3. The third-order valence-corrected chi connectivity index (χ3v) is 4.23. The van der Waals surface area contributed by atoms with Crippen molar-refractivity contribution in [3.63, 3.8) is 0 Å². The van der Waals surface area contributed by atoms with Gasteiger partial charge in [-0.1, -0.05) is 30.7 Å². The third kappa shape index (κ3) is 5.03. The molecule has 1 aliphatic rings. The second-order valence-corrected chi connectivity index (χ2v) is 6.24. The van der Waals surface area contributed by atoms with E-state index in [1.165, 1.54) is 43.4 Å². The molecule has 2 heteroatoms. The van der Waals surface area contributed by atoms with Gasteiger partial charge in [-0.05, 0) is 61.3 Å². The van der Waals surface area contributed by atoms with E-state index in [1.54, 1.807) is 5.56 Å². The van der Waals surface area contributed by atoms with E-state index in [2.05, 4.69) is 35.8 Å². The number of hydrogen-bond acceptors (Lipinski definition) is 2. The summed E-state index contributed by atoms with van der Waals surface area (Å²) in [5, 5.41) is 3.56. The Morgan fingerprint density at radius 2 is 2.11 bits per heavy atom. The van der Waals surface area contributed by atoms with Crippen LogP contribution in [0.4, 0.5) is 0 Å². The van der Waals surface area contributed by atoms with E-state index in [-0.39, 0.29) is 0 Å². The minimum Gasteiger partial charge on any atom is -0.313 e. The molecule has 0 aromatic heterocycles. The van der Waals surface area contributed by atoms with Crippen molar-refractivity contribution in [1.82, 2.24) is 5.32 Å². The highest BCUT2D eigenvalue weighted by atomic mass is 32.2. The van der Waals surface area contributed by atoms with E-state index in [9.17, 15) is 0 Å². The number of rotatable bonds is 9. The Bertz CT molecular complexity index is 347. The van der Waals surface area contributed by atoms with Gasteiger partial charge in [-0.3, -0.25) is 0 Å². The molecule has 1 aromatic rings. The maximum absolute atomic E-state index is 3.56. The van der Waals surface area contributed by atoms with Crippen LogP contribution in [0.2, 0.25) is 0 Å². The molecule has 0 bridgehead atoms. The second kappa shape index (κ2) is 7.85. The van der Waals surface area contributed by atoms with Crippen LogP contribution >= 0.6 is 11.8 Å². The van der Waals surface area contributed by atoms with Crippen molar-refractivity contribution in [2.45, 2.75) is 44.6 Å². The largest absolute Gasteiger partial charge is 0.313 e. The van der Waals surface area contributed by atoms with Gasteiger partial charge in [0.15, 0.2) is 0 Å². The van der Waals surface area contributed by atoms with E-state index < -0.39 is 0 Å². The molecule has 1 saturated carbocycles. The molecule has 100 valence electrons. The summed E-state index contributed by atoms with van der Waals surface area (Å²) in [5.74, 6) is 2.18. The minimum absolute atomic E-state index is 0.872. The van der Waals surface area contributed by atoms with Crippen LogP contribution in [0.25, 0.3) is 0 Å². The number of thioether (sulfide) groups is 1. The van der Waals surface area contributed by atoms with Crippen molar-refractivity contribution in [2.75, 3.05) is 18.6 Å². The maximum atomic E-state index is 3.56. The van der Waals surface area contributed by atoms with Gasteiger partial charge >= 0.3 is 0 Å². The molecule has 0 radical (unpaired) electrons. The standard InChI is InChI=1S/C16H25NS/c1-18-11-4-2-3-10-17-13-14-6-5-7-16(12-14)15-8-9-15/h5-7,12,15,17H,2-4,8-11,13H2,1H3. The van der Waals surface area contributed by atoms with Crippen LogP contribution in [-0.2, 0) is 6.54 Å². The average Bonchev–Trinajstić information content (AvgIpc) is 3.22. The Labute approximate surface area is 116 Å². The third-order valence-electron chi connectivity index (χ3n) is 3.53. The number of nitrogens with one attached hydrogen (secondary N) is 1. The van der Waals surface area contributed by atoms with Crippen LogP contribution in [0.3, 0.4) is 0 Å². The SMILES string of the molecule is CSCCCCCNCc1cccc(C2CC2)c1. The van der Waals surface area contributed by atoms with Crippen molar-refractivity contribution in [3.05, 3.63) is 35.4 Å². The van der Waals surface area contributed by atoms with Gasteiger partial charge in [0.05, 0.1) is 0 Å². The Hall–Kier alpha value is -0.470. The van der Waals surface area contributed by atoms with E-state index >= 15 is 0 Å². The molecule has 0 heterocycles. The molecule has 0 amide bonds. The zero-order valence-electron chi connectivity index (χ0n) is 11.5. The molecule has 18 heavy (non-hydrogen) atoms. The van der Waals surface area contributed by atoms with Gasteiger partial charge in [-0.2, -0.15) is 11.8 Å². The average molecular weight is 263 g/mol. The van der Waals surface area contributed by atoms with E-state index in [0.717, 1.165) is 19.0 Å². The van der Waals surface area contributed by atoms with E-state index in [1.807, 2.05) is 11.8 Å². The van der Waals surface area contributed by atoms with Gasteiger partial charge in [0.25, 0.3) is 0 Å². The fourth-order valence-electron chi connectivity index (χ4n) is 2.28. The first-order chi connectivity index (χ1) is 8.90. The molecule has 0 unspecified atom stereocenters. The topological polar surface area (TPSA) is 12.0 Å². The summed E-state index contributed by atoms with van der Waals surface area (Å²) in [5.41, 5.74) is 3.00. The molecule has 2 rings (SSSR count). The lowest BCUT2D eigenvalue weighted by Crippen LogP contribution is -2.14. The Morgan fingerprint density at radius 3 is 2.89 bits per heavy atom. The van der Waals surface area contributed by atoms with Crippen LogP contribution in [-0.4, -0.2) is 18.6 Å². The summed E-state index contributed by atoms with van der Waals surface area (Å²) in [6, 6.07) is 9.12. The van der Waals surface area contributed by atoms with Crippen LogP contribution in [0.5, 0.6) is 0 Å². The first-order valence-electron chi connectivity index (χ1n) is 7.18. The van der Waals surface area contributed by atoms with Gasteiger partial charge < -0.3 is 5.32 Å². The minimum atomic E-state index is 0.872. The first-order valence-corrected chi connectivity index (χ1v) is 8.58. The fraction of sp³-hybridized carbons (Fsp3) is 0.625. The lowest BCUT2D eigenvalue weighted by atomic mass is 10.1. The molecular formula is C16H25NS. The zero-order chi connectivity index (χ0) is 12.6. The summed E-state index contributed by atoms with van der Waals surface area (Å²) in [6.45, 7) is 2.19. The monoisotopic (exact) mass is 263 g/mol. The Balaban J connectivity index is 1.59. The van der Waals surface area contributed by atoms with Crippen LogP contribution in [0.15, 0.2) is 24.3 Å². The summed E-state index contributed by atoms with van der Waals surface area (Å²) in [4.78, 5) is 0. The van der Waals surface area contributed by atoms with Gasteiger partial charge in [0.2, 0.25) is 0 Å². The molecule has 1 N–H and O–H groups in total. The Morgan fingerprint density at radius 1 is 1.22 bits per heavy atom. The Kier molecular flexibility index (Phi) is 6.09. The number of hydrogen-bond donors (Lipinski definition) is 1. The lowest BCUT2D eigenvalue weighted by Gasteiger charge is -2.06. The van der Waals surface area contributed by atoms with Crippen molar-refractivity contribution in [1.29, 1.82) is 0 Å². The van der Waals surface area contributed by atoms with Crippen LogP contribution in [0.1, 0.15) is 49.1 Å². The van der Waals surface area contributed by atoms with Gasteiger partial charge in [0, 0.05) is 6.54 Å². The summed E-state index contributed by atoms with van der Waals surface area (Å²) < 4.78 is 0. The summed E-state index contributed by atoms with van der Waals surface area (Å²) in [7, 11) is 0. The molecule has 1 aliphatic carbocycles. The normalized spacial score (nSPS) is 14.9. The second-order valence-electron chi connectivity index (χ2n) is 5.25.